The third-order valence-corrected chi connectivity index (χ3v) is 3.23. The predicted octanol–water partition coefficient (Wildman–Crippen LogP) is 2.53. The topological polar surface area (TPSA) is 36.3 Å². The minimum atomic E-state index is 0.173. The van der Waals surface area contributed by atoms with Gasteiger partial charge in [0.1, 0.15) is 5.75 Å². The third kappa shape index (κ3) is 2.59. The standard InChI is InChI=1S/C14H18N2O/c1-16(2)13(7-8-15)11-5-6-14-12(10-11)4-3-9-17-14/h5-6,10,13H,3-4,7,9H2,1-2H3. The predicted molar refractivity (Wildman–Crippen MR) is 66.9 cm³/mol. The number of rotatable bonds is 3. The Bertz CT molecular complexity index is 434. The highest BCUT2D eigenvalue weighted by molar-refractivity contribution is 5.39. The van der Waals surface area contributed by atoms with Crippen molar-refractivity contribution >= 4 is 0 Å². The molecule has 0 bridgehead atoms. The number of aryl methyl sites for hydroxylation is 1. The Morgan fingerprint density at radius 2 is 2.29 bits per heavy atom. The molecular formula is C14H18N2O. The second-order valence-electron chi connectivity index (χ2n) is 4.66. The fourth-order valence-corrected chi connectivity index (χ4v) is 2.27. The maximum atomic E-state index is 8.88. The summed E-state index contributed by atoms with van der Waals surface area (Å²) in [4.78, 5) is 2.09. The minimum absolute atomic E-state index is 0.173. The van der Waals surface area contributed by atoms with Crippen LogP contribution in [-0.2, 0) is 6.42 Å². The van der Waals surface area contributed by atoms with Crippen LogP contribution in [0.1, 0.15) is 30.0 Å². The van der Waals surface area contributed by atoms with Crippen LogP contribution in [0.4, 0.5) is 0 Å². The van der Waals surface area contributed by atoms with Crippen LogP contribution >= 0.6 is 0 Å². The minimum Gasteiger partial charge on any atom is -0.493 e. The summed E-state index contributed by atoms with van der Waals surface area (Å²) in [6.45, 7) is 0.821. The molecule has 0 spiro atoms. The summed E-state index contributed by atoms with van der Waals surface area (Å²) in [7, 11) is 4.02. The largest absolute Gasteiger partial charge is 0.493 e. The van der Waals surface area contributed by atoms with E-state index in [0.29, 0.717) is 6.42 Å². The molecule has 1 aliphatic rings. The molecule has 1 aromatic carbocycles. The zero-order valence-electron chi connectivity index (χ0n) is 10.4. The van der Waals surface area contributed by atoms with E-state index in [1.54, 1.807) is 0 Å². The van der Waals surface area contributed by atoms with Crippen molar-refractivity contribution in [3.63, 3.8) is 0 Å². The average molecular weight is 230 g/mol. The second kappa shape index (κ2) is 5.20. The monoisotopic (exact) mass is 230 g/mol. The van der Waals surface area contributed by atoms with E-state index in [-0.39, 0.29) is 6.04 Å². The van der Waals surface area contributed by atoms with E-state index in [1.807, 2.05) is 20.2 Å². The summed E-state index contributed by atoms with van der Waals surface area (Å²) >= 11 is 0. The van der Waals surface area contributed by atoms with Crippen molar-refractivity contribution in [1.82, 2.24) is 4.90 Å². The molecule has 0 amide bonds. The van der Waals surface area contributed by atoms with Crippen LogP contribution in [0.2, 0.25) is 0 Å². The molecule has 0 aliphatic carbocycles. The van der Waals surface area contributed by atoms with Crippen LogP contribution in [0.15, 0.2) is 18.2 Å². The lowest BCUT2D eigenvalue weighted by Crippen LogP contribution is -2.20. The Balaban J connectivity index is 2.29. The molecule has 1 atom stereocenters. The van der Waals surface area contributed by atoms with Gasteiger partial charge in [-0.05, 0) is 44.1 Å². The van der Waals surface area contributed by atoms with Crippen LogP contribution in [0, 0.1) is 11.3 Å². The van der Waals surface area contributed by atoms with E-state index in [0.717, 1.165) is 25.2 Å². The molecule has 3 heteroatoms. The van der Waals surface area contributed by atoms with E-state index in [9.17, 15) is 0 Å². The molecule has 0 N–H and O–H groups in total. The van der Waals surface area contributed by atoms with Gasteiger partial charge in [0.15, 0.2) is 0 Å². The van der Waals surface area contributed by atoms with Crippen LogP contribution in [0.25, 0.3) is 0 Å². The SMILES string of the molecule is CN(C)C(CC#N)c1ccc2c(c1)CCCO2. The van der Waals surface area contributed by atoms with Gasteiger partial charge in [-0.25, -0.2) is 0 Å². The van der Waals surface area contributed by atoms with Gasteiger partial charge in [0, 0.05) is 6.04 Å². The number of ether oxygens (including phenoxy) is 1. The first kappa shape index (κ1) is 11.9. The van der Waals surface area contributed by atoms with Gasteiger partial charge in [-0.3, -0.25) is 0 Å². The fourth-order valence-electron chi connectivity index (χ4n) is 2.27. The normalized spacial score (nSPS) is 15.9. The maximum Gasteiger partial charge on any atom is 0.122 e. The van der Waals surface area contributed by atoms with E-state index in [2.05, 4.69) is 23.1 Å². The van der Waals surface area contributed by atoms with Crippen molar-refractivity contribution in [2.24, 2.45) is 0 Å². The molecule has 0 aromatic heterocycles. The summed E-state index contributed by atoms with van der Waals surface area (Å²) in [6.07, 6.45) is 2.68. The van der Waals surface area contributed by atoms with Crippen LogP contribution in [-0.4, -0.2) is 25.6 Å². The van der Waals surface area contributed by atoms with Crippen molar-refractivity contribution < 1.29 is 4.74 Å². The molecule has 0 radical (unpaired) electrons. The van der Waals surface area contributed by atoms with Crippen LogP contribution in [0.3, 0.4) is 0 Å². The van der Waals surface area contributed by atoms with Crippen molar-refractivity contribution in [1.29, 1.82) is 5.26 Å². The zero-order chi connectivity index (χ0) is 12.3. The summed E-state index contributed by atoms with van der Waals surface area (Å²) < 4.78 is 5.60. The molecule has 1 aliphatic heterocycles. The Kier molecular flexibility index (Phi) is 3.65. The van der Waals surface area contributed by atoms with Gasteiger partial charge in [0.25, 0.3) is 0 Å². The molecule has 17 heavy (non-hydrogen) atoms. The number of hydrogen-bond acceptors (Lipinski definition) is 3. The van der Waals surface area contributed by atoms with Gasteiger partial charge in [0.05, 0.1) is 19.1 Å². The summed E-state index contributed by atoms with van der Waals surface area (Å²) in [6, 6.07) is 8.73. The van der Waals surface area contributed by atoms with E-state index >= 15 is 0 Å². The number of nitriles is 1. The van der Waals surface area contributed by atoms with Crippen molar-refractivity contribution in [2.45, 2.75) is 25.3 Å². The Hall–Kier alpha value is -1.53. The number of fused-ring (bicyclic) bond motifs is 1. The third-order valence-electron chi connectivity index (χ3n) is 3.23. The summed E-state index contributed by atoms with van der Waals surface area (Å²) in [5.74, 6) is 1.01. The van der Waals surface area contributed by atoms with Crippen LogP contribution in [0.5, 0.6) is 5.75 Å². The molecule has 1 heterocycles. The fraction of sp³-hybridized carbons (Fsp3) is 0.500. The Labute approximate surface area is 103 Å². The highest BCUT2D eigenvalue weighted by Gasteiger charge is 2.17. The lowest BCUT2D eigenvalue weighted by molar-refractivity contribution is 0.284. The lowest BCUT2D eigenvalue weighted by Gasteiger charge is -2.24. The zero-order valence-corrected chi connectivity index (χ0v) is 10.4. The van der Waals surface area contributed by atoms with E-state index in [1.165, 1.54) is 11.1 Å². The highest BCUT2D eigenvalue weighted by Crippen LogP contribution is 2.30. The molecule has 0 fully saturated rings. The van der Waals surface area contributed by atoms with E-state index < -0.39 is 0 Å². The summed E-state index contributed by atoms with van der Waals surface area (Å²) in [5.41, 5.74) is 2.49. The maximum absolute atomic E-state index is 8.88. The van der Waals surface area contributed by atoms with Gasteiger partial charge in [-0.1, -0.05) is 12.1 Å². The number of nitrogens with zero attached hydrogens (tertiary/aromatic N) is 2. The van der Waals surface area contributed by atoms with Gasteiger partial charge < -0.3 is 9.64 Å². The Morgan fingerprint density at radius 1 is 1.47 bits per heavy atom. The van der Waals surface area contributed by atoms with Crippen molar-refractivity contribution in [3.8, 4) is 11.8 Å². The Morgan fingerprint density at radius 3 is 3.00 bits per heavy atom. The van der Waals surface area contributed by atoms with E-state index in [4.69, 9.17) is 10.00 Å². The molecule has 3 nitrogen and oxygen atoms in total. The molecular weight excluding hydrogens is 212 g/mol. The molecule has 1 aromatic rings. The lowest BCUT2D eigenvalue weighted by atomic mass is 9.97. The number of hydrogen-bond donors (Lipinski definition) is 0. The molecule has 1 unspecified atom stereocenters. The first-order chi connectivity index (χ1) is 8.22. The smallest absolute Gasteiger partial charge is 0.122 e. The highest BCUT2D eigenvalue weighted by atomic mass is 16.5. The van der Waals surface area contributed by atoms with Gasteiger partial charge in [0.2, 0.25) is 0 Å². The second-order valence-corrected chi connectivity index (χ2v) is 4.66. The van der Waals surface area contributed by atoms with Crippen LogP contribution < -0.4 is 4.74 Å². The summed E-state index contributed by atoms with van der Waals surface area (Å²) in [5, 5.41) is 8.88. The van der Waals surface area contributed by atoms with Crippen molar-refractivity contribution in [3.05, 3.63) is 29.3 Å². The van der Waals surface area contributed by atoms with Gasteiger partial charge in [-0.15, -0.1) is 0 Å². The van der Waals surface area contributed by atoms with Gasteiger partial charge >= 0.3 is 0 Å². The van der Waals surface area contributed by atoms with Crippen molar-refractivity contribution in [2.75, 3.05) is 20.7 Å². The number of benzene rings is 1. The average Bonchev–Trinajstić information content (AvgIpc) is 2.35. The molecule has 0 saturated carbocycles. The quantitative estimate of drug-likeness (QED) is 0.800. The molecule has 2 rings (SSSR count). The van der Waals surface area contributed by atoms with Gasteiger partial charge in [-0.2, -0.15) is 5.26 Å². The first-order valence-electron chi connectivity index (χ1n) is 6.01. The molecule has 90 valence electrons. The first-order valence-corrected chi connectivity index (χ1v) is 6.01. The molecule has 0 saturated heterocycles.